The highest BCUT2D eigenvalue weighted by Gasteiger charge is 2.57. The van der Waals surface area contributed by atoms with Crippen LogP contribution < -0.4 is 10.0 Å². The van der Waals surface area contributed by atoms with E-state index in [1.807, 2.05) is 66.7 Å². The standard InChI is InChI=1S/C28H34N2O2/c1-3-5-6-7-8-9-10-17-23-28(22-4-2)26(31)29(24-18-13-11-14-19-24)30(27(28)32)25-20-15-12-16-21-25/h4,10-21H,2-3,5-9,22-23H2,1H3/b17-10+. The van der Waals surface area contributed by atoms with Crippen molar-refractivity contribution in [1.82, 2.24) is 0 Å². The van der Waals surface area contributed by atoms with Gasteiger partial charge in [0.15, 0.2) is 0 Å². The zero-order valence-electron chi connectivity index (χ0n) is 19.1. The lowest BCUT2D eigenvalue weighted by atomic mass is 9.79. The Kier molecular flexibility index (Phi) is 8.43. The van der Waals surface area contributed by atoms with Gasteiger partial charge in [0.25, 0.3) is 11.8 Å². The number of unbranched alkanes of at least 4 members (excludes halogenated alkanes) is 5. The number of hydrogen-bond donors (Lipinski definition) is 0. The number of rotatable bonds is 12. The van der Waals surface area contributed by atoms with Crippen LogP contribution in [0.5, 0.6) is 0 Å². The number of carbonyl (C=O) groups is 2. The van der Waals surface area contributed by atoms with Crippen LogP contribution >= 0.6 is 0 Å². The van der Waals surface area contributed by atoms with Crippen LogP contribution in [0.25, 0.3) is 0 Å². The molecule has 0 N–H and O–H groups in total. The predicted molar refractivity (Wildman–Crippen MR) is 132 cm³/mol. The summed E-state index contributed by atoms with van der Waals surface area (Å²) in [7, 11) is 0. The number of anilines is 2. The van der Waals surface area contributed by atoms with Crippen LogP contribution in [0.4, 0.5) is 11.4 Å². The zero-order valence-corrected chi connectivity index (χ0v) is 19.1. The molecule has 168 valence electrons. The molecule has 0 bridgehead atoms. The van der Waals surface area contributed by atoms with Crippen molar-refractivity contribution in [3.05, 3.63) is 85.5 Å². The van der Waals surface area contributed by atoms with Gasteiger partial charge in [0, 0.05) is 0 Å². The van der Waals surface area contributed by atoms with Crippen molar-refractivity contribution < 1.29 is 9.59 Å². The second-order valence-corrected chi connectivity index (χ2v) is 8.36. The third kappa shape index (κ3) is 5.01. The number of nitrogens with zero attached hydrogens (tertiary/aromatic N) is 2. The molecule has 0 saturated carbocycles. The number of amides is 2. The summed E-state index contributed by atoms with van der Waals surface area (Å²) in [6.45, 7) is 6.07. The van der Waals surface area contributed by atoms with E-state index < -0.39 is 5.41 Å². The number of para-hydroxylation sites is 2. The smallest absolute Gasteiger partial charge is 0.262 e. The largest absolute Gasteiger partial charge is 0.271 e. The van der Waals surface area contributed by atoms with Crippen LogP contribution in [-0.2, 0) is 9.59 Å². The minimum atomic E-state index is -1.17. The van der Waals surface area contributed by atoms with E-state index in [1.54, 1.807) is 6.08 Å². The maximum absolute atomic E-state index is 13.8. The van der Waals surface area contributed by atoms with E-state index >= 15 is 0 Å². The second-order valence-electron chi connectivity index (χ2n) is 8.36. The van der Waals surface area contributed by atoms with E-state index in [-0.39, 0.29) is 11.8 Å². The summed E-state index contributed by atoms with van der Waals surface area (Å²) < 4.78 is 0. The Hall–Kier alpha value is -3.14. The summed E-state index contributed by atoms with van der Waals surface area (Å²) in [6.07, 6.45) is 13.6. The molecule has 0 unspecified atom stereocenters. The molecule has 2 aromatic rings. The Bertz CT molecular complexity index is 863. The van der Waals surface area contributed by atoms with Gasteiger partial charge in [-0.05, 0) is 49.9 Å². The molecule has 1 heterocycles. The van der Waals surface area contributed by atoms with Gasteiger partial charge in [0.2, 0.25) is 0 Å². The van der Waals surface area contributed by atoms with Crippen molar-refractivity contribution in [1.29, 1.82) is 0 Å². The van der Waals surface area contributed by atoms with Crippen LogP contribution in [0.1, 0.15) is 58.3 Å². The van der Waals surface area contributed by atoms with Gasteiger partial charge in [0.05, 0.1) is 11.4 Å². The van der Waals surface area contributed by atoms with E-state index in [9.17, 15) is 9.59 Å². The topological polar surface area (TPSA) is 40.6 Å². The summed E-state index contributed by atoms with van der Waals surface area (Å²) in [5.41, 5.74) is 0.188. The summed E-state index contributed by atoms with van der Waals surface area (Å²) in [5.74, 6) is -0.407. The first kappa shape index (κ1) is 23.5. The van der Waals surface area contributed by atoms with Crippen molar-refractivity contribution in [3.63, 3.8) is 0 Å². The summed E-state index contributed by atoms with van der Waals surface area (Å²) in [5, 5.41) is 3.06. The molecule has 2 aromatic carbocycles. The molecule has 1 aliphatic heterocycles. The van der Waals surface area contributed by atoms with Crippen molar-refractivity contribution >= 4 is 23.2 Å². The first-order valence-corrected chi connectivity index (χ1v) is 11.7. The first-order valence-electron chi connectivity index (χ1n) is 11.7. The van der Waals surface area contributed by atoms with E-state index in [1.165, 1.54) is 35.7 Å². The maximum Gasteiger partial charge on any atom is 0.262 e. The van der Waals surface area contributed by atoms with Gasteiger partial charge in [-0.2, -0.15) is 0 Å². The van der Waals surface area contributed by atoms with Crippen molar-refractivity contribution in [3.8, 4) is 0 Å². The maximum atomic E-state index is 13.8. The minimum absolute atomic E-state index is 0.204. The van der Waals surface area contributed by atoms with Crippen LogP contribution in [0.2, 0.25) is 0 Å². The predicted octanol–water partition coefficient (Wildman–Crippen LogP) is 6.85. The van der Waals surface area contributed by atoms with Gasteiger partial charge in [-0.3, -0.25) is 9.59 Å². The molecule has 2 amide bonds. The van der Waals surface area contributed by atoms with Gasteiger partial charge >= 0.3 is 0 Å². The third-order valence-corrected chi connectivity index (χ3v) is 6.01. The fourth-order valence-electron chi connectivity index (χ4n) is 4.23. The van der Waals surface area contributed by atoms with Crippen LogP contribution in [-0.4, -0.2) is 11.8 Å². The fourth-order valence-corrected chi connectivity index (χ4v) is 4.23. The highest BCUT2D eigenvalue weighted by Crippen LogP contribution is 2.43. The second kappa shape index (κ2) is 11.5. The number of carbonyl (C=O) groups excluding carboxylic acids is 2. The third-order valence-electron chi connectivity index (χ3n) is 6.01. The summed E-state index contributed by atoms with van der Waals surface area (Å²) >= 11 is 0. The molecule has 0 aliphatic carbocycles. The highest BCUT2D eigenvalue weighted by atomic mass is 16.2. The molecule has 0 aromatic heterocycles. The monoisotopic (exact) mass is 430 g/mol. The number of allylic oxidation sites excluding steroid dienone is 3. The lowest BCUT2D eigenvalue weighted by Crippen LogP contribution is -2.41. The number of hydrogen-bond acceptors (Lipinski definition) is 2. The van der Waals surface area contributed by atoms with Gasteiger partial charge in [-0.25, -0.2) is 10.0 Å². The van der Waals surface area contributed by atoms with Gasteiger partial charge in [0.1, 0.15) is 5.41 Å². The molecule has 1 aliphatic rings. The van der Waals surface area contributed by atoms with Crippen LogP contribution in [0.15, 0.2) is 85.5 Å². The molecule has 1 saturated heterocycles. The van der Waals surface area contributed by atoms with E-state index in [0.717, 1.165) is 12.8 Å². The first-order chi connectivity index (χ1) is 15.7. The Balaban J connectivity index is 1.87. The lowest BCUT2D eigenvalue weighted by Gasteiger charge is -2.27. The molecule has 0 atom stereocenters. The van der Waals surface area contributed by atoms with Gasteiger partial charge < -0.3 is 0 Å². The Morgan fingerprint density at radius 3 is 1.78 bits per heavy atom. The van der Waals surface area contributed by atoms with E-state index in [2.05, 4.69) is 19.6 Å². The molecule has 32 heavy (non-hydrogen) atoms. The zero-order chi connectivity index (χ0) is 22.8. The minimum Gasteiger partial charge on any atom is -0.271 e. The molecule has 3 rings (SSSR count). The molecule has 1 fully saturated rings. The SMILES string of the molecule is C=CCC1(C/C=C/CCCCCCC)C(=O)N(c2ccccc2)N(c2ccccc2)C1=O. The van der Waals surface area contributed by atoms with E-state index in [0.29, 0.717) is 24.2 Å². The average Bonchev–Trinajstić information content (AvgIpc) is 3.04. The van der Waals surface area contributed by atoms with Crippen molar-refractivity contribution in [2.75, 3.05) is 10.0 Å². The van der Waals surface area contributed by atoms with Gasteiger partial charge in [-0.1, -0.05) is 87.2 Å². The number of benzene rings is 2. The van der Waals surface area contributed by atoms with Crippen molar-refractivity contribution in [2.45, 2.75) is 58.3 Å². The van der Waals surface area contributed by atoms with Crippen LogP contribution in [0, 0.1) is 5.41 Å². The summed E-state index contributed by atoms with van der Waals surface area (Å²) in [4.78, 5) is 27.7. The fraction of sp³-hybridized carbons (Fsp3) is 0.357. The Morgan fingerprint density at radius 2 is 1.28 bits per heavy atom. The highest BCUT2D eigenvalue weighted by molar-refractivity contribution is 6.26. The molecule has 0 spiro atoms. The number of hydrazine groups is 1. The molecular weight excluding hydrogens is 396 g/mol. The quantitative estimate of drug-likeness (QED) is 0.210. The molecule has 4 heteroatoms. The normalized spacial score (nSPS) is 15.7. The Labute approximate surface area is 192 Å². The average molecular weight is 431 g/mol. The van der Waals surface area contributed by atoms with E-state index in [4.69, 9.17) is 0 Å². The van der Waals surface area contributed by atoms with Gasteiger partial charge in [-0.15, -0.1) is 6.58 Å². The lowest BCUT2D eigenvalue weighted by molar-refractivity contribution is -0.134. The summed E-state index contributed by atoms with van der Waals surface area (Å²) in [6, 6.07) is 18.7. The Morgan fingerprint density at radius 1 is 0.750 bits per heavy atom. The molecular formula is C28H34N2O2. The van der Waals surface area contributed by atoms with Crippen molar-refractivity contribution in [2.24, 2.45) is 5.41 Å². The molecule has 4 nitrogen and oxygen atoms in total. The van der Waals surface area contributed by atoms with Crippen LogP contribution in [0.3, 0.4) is 0 Å². The molecule has 0 radical (unpaired) electrons.